The molecule has 0 bridgehead atoms. The highest BCUT2D eigenvalue weighted by Crippen LogP contribution is 2.26. The fourth-order valence-corrected chi connectivity index (χ4v) is 2.50. The van der Waals surface area contributed by atoms with Gasteiger partial charge in [0.15, 0.2) is 0 Å². The molecule has 0 atom stereocenters. The van der Waals surface area contributed by atoms with E-state index in [0.717, 1.165) is 16.7 Å². The number of fused-ring (bicyclic) bond motifs is 1. The van der Waals surface area contributed by atoms with Gasteiger partial charge >= 0.3 is 0 Å². The maximum atomic E-state index is 5.94. The van der Waals surface area contributed by atoms with Crippen molar-refractivity contribution in [2.75, 3.05) is 5.32 Å². The topological polar surface area (TPSA) is 40.7 Å². The van der Waals surface area contributed by atoms with Gasteiger partial charge in [0, 0.05) is 20.8 Å². The second kappa shape index (κ2) is 6.10. The lowest BCUT2D eigenvalue weighted by Crippen LogP contribution is -1.91. The van der Waals surface area contributed by atoms with Crippen LogP contribution in [0.1, 0.15) is 0 Å². The minimum atomic E-state index is 0. The first-order chi connectivity index (χ1) is 9.10. The number of hydrogen-bond donors (Lipinski definition) is 2. The number of halogens is 4. The molecule has 0 unspecified atom stereocenters. The van der Waals surface area contributed by atoms with Crippen LogP contribution < -0.4 is 5.32 Å². The molecule has 2 N–H and O–H groups in total. The molecule has 0 saturated heterocycles. The first-order valence-electron chi connectivity index (χ1n) is 5.48. The van der Waals surface area contributed by atoms with Crippen molar-refractivity contribution < 1.29 is 0 Å². The van der Waals surface area contributed by atoms with E-state index in [1.54, 1.807) is 24.3 Å². The summed E-state index contributed by atoms with van der Waals surface area (Å²) in [6.45, 7) is 0. The summed E-state index contributed by atoms with van der Waals surface area (Å²) in [5.41, 5.74) is 2.46. The lowest BCUT2D eigenvalue weighted by atomic mass is 10.3. The lowest BCUT2D eigenvalue weighted by molar-refractivity contribution is 1.31. The Morgan fingerprint density at radius 1 is 0.900 bits per heavy atom. The molecular weight excluding hydrogens is 340 g/mol. The summed E-state index contributed by atoms with van der Waals surface area (Å²) in [4.78, 5) is 7.53. The van der Waals surface area contributed by atoms with Gasteiger partial charge in [-0.05, 0) is 36.4 Å². The summed E-state index contributed by atoms with van der Waals surface area (Å²) in [6.07, 6.45) is 0. The Kier molecular flexibility index (Phi) is 4.66. The van der Waals surface area contributed by atoms with Crippen LogP contribution in [0.2, 0.25) is 15.1 Å². The van der Waals surface area contributed by atoms with Gasteiger partial charge in [0.25, 0.3) is 0 Å². The number of aromatic amines is 1. The van der Waals surface area contributed by atoms with Crippen molar-refractivity contribution in [2.45, 2.75) is 0 Å². The molecule has 3 aromatic rings. The van der Waals surface area contributed by atoms with Gasteiger partial charge in [-0.25, -0.2) is 4.98 Å². The quantitative estimate of drug-likeness (QED) is 0.624. The van der Waals surface area contributed by atoms with Gasteiger partial charge in [-0.1, -0.05) is 34.8 Å². The van der Waals surface area contributed by atoms with Crippen molar-refractivity contribution in [3.63, 3.8) is 0 Å². The van der Waals surface area contributed by atoms with Gasteiger partial charge in [0.1, 0.15) is 0 Å². The molecule has 104 valence electrons. The molecule has 7 heteroatoms. The molecule has 0 aliphatic heterocycles. The van der Waals surface area contributed by atoms with Crippen LogP contribution in [0.15, 0.2) is 36.4 Å². The Morgan fingerprint density at radius 3 is 2.30 bits per heavy atom. The van der Waals surface area contributed by atoms with Gasteiger partial charge < -0.3 is 10.3 Å². The van der Waals surface area contributed by atoms with E-state index in [0.29, 0.717) is 21.0 Å². The highest BCUT2D eigenvalue weighted by molar-refractivity contribution is 6.35. The zero-order valence-electron chi connectivity index (χ0n) is 9.95. The van der Waals surface area contributed by atoms with Crippen LogP contribution in [0.4, 0.5) is 11.6 Å². The van der Waals surface area contributed by atoms with Crippen LogP contribution in [-0.2, 0) is 0 Å². The van der Waals surface area contributed by atoms with Crippen LogP contribution in [0.3, 0.4) is 0 Å². The van der Waals surface area contributed by atoms with Crippen LogP contribution in [0, 0.1) is 0 Å². The van der Waals surface area contributed by atoms with E-state index < -0.39 is 0 Å². The molecular formula is C13H9Cl4N3. The maximum absolute atomic E-state index is 5.94. The molecule has 2 aromatic carbocycles. The second-order valence-corrected chi connectivity index (χ2v) is 5.34. The summed E-state index contributed by atoms with van der Waals surface area (Å²) >= 11 is 17.8. The van der Waals surface area contributed by atoms with Crippen molar-refractivity contribution in [3.05, 3.63) is 51.5 Å². The van der Waals surface area contributed by atoms with E-state index in [1.807, 2.05) is 12.1 Å². The first kappa shape index (κ1) is 15.3. The van der Waals surface area contributed by atoms with Crippen LogP contribution in [-0.4, -0.2) is 9.97 Å². The third-order valence-electron chi connectivity index (χ3n) is 2.57. The Labute approximate surface area is 136 Å². The summed E-state index contributed by atoms with van der Waals surface area (Å²) in [5, 5.41) is 4.90. The monoisotopic (exact) mass is 347 g/mol. The van der Waals surface area contributed by atoms with Crippen molar-refractivity contribution in [3.8, 4) is 0 Å². The standard InChI is InChI=1S/C13H8Cl3N3.ClH/c14-7-1-2-11-12(6-7)19-13(18-11)17-10-4-8(15)3-9(16)5-10;/h1-6H,(H2,17,18,19);1H. The van der Waals surface area contributed by atoms with Gasteiger partial charge in [-0.3, -0.25) is 0 Å². The molecule has 0 radical (unpaired) electrons. The smallest absolute Gasteiger partial charge is 0.205 e. The Morgan fingerprint density at radius 2 is 1.60 bits per heavy atom. The number of rotatable bonds is 2. The number of anilines is 2. The molecule has 20 heavy (non-hydrogen) atoms. The third-order valence-corrected chi connectivity index (χ3v) is 3.24. The molecule has 1 aromatic heterocycles. The van der Waals surface area contributed by atoms with E-state index >= 15 is 0 Å². The predicted molar refractivity (Wildman–Crippen MR) is 88.1 cm³/mol. The third kappa shape index (κ3) is 3.30. The number of benzene rings is 2. The highest BCUT2D eigenvalue weighted by Gasteiger charge is 2.04. The van der Waals surface area contributed by atoms with Crippen molar-refractivity contribution in [1.82, 2.24) is 9.97 Å². The SMILES string of the molecule is Cl.Clc1cc(Cl)cc(Nc2nc3ccc(Cl)cc3[nH]2)c1. The maximum Gasteiger partial charge on any atom is 0.205 e. The molecule has 0 aliphatic carbocycles. The predicted octanol–water partition coefficient (Wildman–Crippen LogP) is 5.69. The minimum Gasteiger partial charge on any atom is -0.326 e. The molecule has 0 aliphatic rings. The summed E-state index contributed by atoms with van der Waals surface area (Å²) in [5.74, 6) is 0.607. The molecule has 0 saturated carbocycles. The summed E-state index contributed by atoms with van der Waals surface area (Å²) in [6, 6.07) is 10.7. The van der Waals surface area contributed by atoms with Gasteiger partial charge in [0.2, 0.25) is 5.95 Å². The minimum absolute atomic E-state index is 0. The largest absolute Gasteiger partial charge is 0.326 e. The zero-order chi connectivity index (χ0) is 13.4. The van der Waals surface area contributed by atoms with Crippen LogP contribution in [0.5, 0.6) is 0 Å². The van der Waals surface area contributed by atoms with E-state index in [-0.39, 0.29) is 12.4 Å². The Bertz CT molecular complexity index is 734. The fraction of sp³-hybridized carbons (Fsp3) is 0. The van der Waals surface area contributed by atoms with E-state index in [2.05, 4.69) is 15.3 Å². The van der Waals surface area contributed by atoms with E-state index in [9.17, 15) is 0 Å². The first-order valence-corrected chi connectivity index (χ1v) is 6.62. The van der Waals surface area contributed by atoms with Crippen LogP contribution in [0.25, 0.3) is 11.0 Å². The number of nitrogens with zero attached hydrogens (tertiary/aromatic N) is 1. The molecule has 0 spiro atoms. The average molecular weight is 349 g/mol. The number of H-pyrrole nitrogens is 1. The number of imidazole rings is 1. The average Bonchev–Trinajstić information content (AvgIpc) is 2.68. The fourth-order valence-electron chi connectivity index (χ4n) is 1.80. The van der Waals surface area contributed by atoms with E-state index in [4.69, 9.17) is 34.8 Å². The normalized spacial score (nSPS) is 10.3. The number of aromatic nitrogens is 2. The molecule has 3 nitrogen and oxygen atoms in total. The summed E-state index contributed by atoms with van der Waals surface area (Å²) < 4.78 is 0. The van der Waals surface area contributed by atoms with Gasteiger partial charge in [-0.2, -0.15) is 0 Å². The Hall–Kier alpha value is -1.13. The van der Waals surface area contributed by atoms with Crippen molar-refractivity contribution in [2.24, 2.45) is 0 Å². The zero-order valence-corrected chi connectivity index (χ0v) is 13.0. The number of hydrogen-bond acceptors (Lipinski definition) is 2. The molecule has 3 rings (SSSR count). The number of nitrogens with one attached hydrogen (secondary N) is 2. The van der Waals surface area contributed by atoms with Crippen LogP contribution >= 0.6 is 47.2 Å². The Balaban J connectivity index is 0.00000147. The highest BCUT2D eigenvalue weighted by atomic mass is 35.5. The molecule has 0 fully saturated rings. The van der Waals surface area contributed by atoms with E-state index in [1.165, 1.54) is 0 Å². The van der Waals surface area contributed by atoms with Crippen molar-refractivity contribution in [1.29, 1.82) is 0 Å². The second-order valence-electron chi connectivity index (χ2n) is 4.03. The van der Waals surface area contributed by atoms with Crippen molar-refractivity contribution >= 4 is 69.9 Å². The summed E-state index contributed by atoms with van der Waals surface area (Å²) in [7, 11) is 0. The lowest BCUT2D eigenvalue weighted by Gasteiger charge is -2.03. The van der Waals surface area contributed by atoms with Gasteiger partial charge in [0.05, 0.1) is 11.0 Å². The van der Waals surface area contributed by atoms with Gasteiger partial charge in [-0.15, -0.1) is 12.4 Å². The molecule has 1 heterocycles. The molecule has 0 amide bonds.